The molecule has 27 heavy (non-hydrogen) atoms. The van der Waals surface area contributed by atoms with Crippen LogP contribution in [0.2, 0.25) is 5.02 Å². The monoisotopic (exact) mass is 386 g/mol. The second kappa shape index (κ2) is 9.06. The van der Waals surface area contributed by atoms with Gasteiger partial charge in [-0.1, -0.05) is 30.7 Å². The molecule has 7 heteroatoms. The zero-order valence-corrected chi connectivity index (χ0v) is 16.0. The van der Waals surface area contributed by atoms with Crippen LogP contribution in [-0.4, -0.2) is 18.1 Å². The highest BCUT2D eigenvalue weighted by molar-refractivity contribution is 6.32. The Balaban J connectivity index is 2.47. The van der Waals surface area contributed by atoms with Crippen molar-refractivity contribution in [3.8, 4) is 17.6 Å². The lowest BCUT2D eigenvalue weighted by Crippen LogP contribution is -2.11. The maximum absolute atomic E-state index is 11.0. The van der Waals surface area contributed by atoms with Crippen LogP contribution in [0.15, 0.2) is 36.4 Å². The third kappa shape index (κ3) is 4.99. The van der Waals surface area contributed by atoms with E-state index in [4.69, 9.17) is 21.1 Å². The van der Waals surface area contributed by atoms with E-state index < -0.39 is 4.92 Å². The van der Waals surface area contributed by atoms with Crippen LogP contribution in [0.3, 0.4) is 0 Å². The number of hydrogen-bond donors (Lipinski definition) is 0. The maximum Gasteiger partial charge on any atom is 0.270 e. The smallest absolute Gasteiger partial charge is 0.270 e. The number of nitro groups is 1. The van der Waals surface area contributed by atoms with Gasteiger partial charge in [0.15, 0.2) is 11.5 Å². The molecule has 140 valence electrons. The van der Waals surface area contributed by atoms with Gasteiger partial charge in [0.05, 0.1) is 34.8 Å². The number of methoxy groups -OCH3 is 1. The minimum atomic E-state index is -0.501. The van der Waals surface area contributed by atoms with E-state index in [0.29, 0.717) is 27.6 Å². The van der Waals surface area contributed by atoms with Gasteiger partial charge in [0.25, 0.3) is 5.69 Å². The molecule has 0 fully saturated rings. The first-order valence-electron chi connectivity index (χ1n) is 8.30. The van der Waals surface area contributed by atoms with Crippen LogP contribution < -0.4 is 9.47 Å². The Morgan fingerprint density at radius 2 is 2.15 bits per heavy atom. The van der Waals surface area contributed by atoms with Gasteiger partial charge in [-0.05, 0) is 42.7 Å². The van der Waals surface area contributed by atoms with Crippen LogP contribution in [0, 0.1) is 21.4 Å². The third-order valence-electron chi connectivity index (χ3n) is 3.95. The summed E-state index contributed by atoms with van der Waals surface area (Å²) in [6.07, 6.45) is 2.38. The molecule has 0 aliphatic carbocycles. The molecule has 2 rings (SSSR count). The maximum atomic E-state index is 11.0. The van der Waals surface area contributed by atoms with Gasteiger partial charge in [-0.15, -0.1) is 0 Å². The molecule has 0 unspecified atom stereocenters. The van der Waals surface area contributed by atoms with E-state index in [0.717, 1.165) is 6.42 Å². The van der Waals surface area contributed by atoms with Crippen LogP contribution in [0.5, 0.6) is 11.5 Å². The van der Waals surface area contributed by atoms with Crippen molar-refractivity contribution < 1.29 is 14.4 Å². The van der Waals surface area contributed by atoms with E-state index in [2.05, 4.69) is 6.07 Å². The number of nitriles is 1. The summed E-state index contributed by atoms with van der Waals surface area (Å²) in [4.78, 5) is 10.5. The van der Waals surface area contributed by atoms with Crippen LogP contribution >= 0.6 is 11.6 Å². The van der Waals surface area contributed by atoms with E-state index >= 15 is 0 Å². The molecular formula is C20H19ClN2O4. The Morgan fingerprint density at radius 1 is 1.41 bits per heavy atom. The molecule has 1 atom stereocenters. The van der Waals surface area contributed by atoms with Gasteiger partial charge in [-0.2, -0.15) is 5.26 Å². The minimum absolute atomic E-state index is 0.0303. The SMILES string of the molecule is CC[C@@H](C)Oc1c(Cl)cc(/C=C(/C#N)c2cccc([N+](=O)[O-])c2)cc1OC. The average molecular weight is 387 g/mol. The highest BCUT2D eigenvalue weighted by Crippen LogP contribution is 2.38. The van der Waals surface area contributed by atoms with Gasteiger partial charge in [-0.25, -0.2) is 0 Å². The van der Waals surface area contributed by atoms with Crippen LogP contribution in [0.4, 0.5) is 5.69 Å². The molecule has 0 spiro atoms. The fraction of sp³-hybridized carbons (Fsp3) is 0.250. The molecule has 0 aliphatic rings. The number of benzene rings is 2. The largest absolute Gasteiger partial charge is 0.493 e. The number of nitrogens with zero attached hydrogens (tertiary/aromatic N) is 2. The Kier molecular flexibility index (Phi) is 6.80. The first-order chi connectivity index (χ1) is 12.9. The van der Waals surface area contributed by atoms with Crippen molar-refractivity contribution >= 4 is 28.9 Å². The number of rotatable bonds is 7. The van der Waals surface area contributed by atoms with E-state index in [1.807, 2.05) is 13.8 Å². The molecule has 0 aliphatic heterocycles. The zero-order valence-electron chi connectivity index (χ0n) is 15.2. The van der Waals surface area contributed by atoms with E-state index in [-0.39, 0.29) is 17.4 Å². The van der Waals surface area contributed by atoms with Crippen molar-refractivity contribution in [3.05, 3.63) is 62.7 Å². The highest BCUT2D eigenvalue weighted by Gasteiger charge is 2.15. The summed E-state index contributed by atoms with van der Waals surface area (Å²) in [5.41, 5.74) is 1.26. The van der Waals surface area contributed by atoms with Gasteiger partial charge in [0.1, 0.15) is 0 Å². The molecular weight excluding hydrogens is 368 g/mol. The number of hydrogen-bond acceptors (Lipinski definition) is 5. The van der Waals surface area contributed by atoms with Gasteiger partial charge in [-0.3, -0.25) is 10.1 Å². The highest BCUT2D eigenvalue weighted by atomic mass is 35.5. The topological polar surface area (TPSA) is 85.4 Å². The fourth-order valence-electron chi connectivity index (χ4n) is 2.36. The number of halogens is 1. The van der Waals surface area contributed by atoms with Crippen LogP contribution in [-0.2, 0) is 0 Å². The summed E-state index contributed by atoms with van der Waals surface area (Å²) >= 11 is 6.35. The number of nitro benzene ring substituents is 1. The lowest BCUT2D eigenvalue weighted by atomic mass is 10.0. The molecule has 0 heterocycles. The third-order valence-corrected chi connectivity index (χ3v) is 4.23. The van der Waals surface area contributed by atoms with Gasteiger partial charge in [0.2, 0.25) is 0 Å². The number of allylic oxidation sites excluding steroid dienone is 1. The lowest BCUT2D eigenvalue weighted by Gasteiger charge is -2.17. The summed E-state index contributed by atoms with van der Waals surface area (Å²) in [6, 6.07) is 11.3. The van der Waals surface area contributed by atoms with Gasteiger partial charge in [0, 0.05) is 12.1 Å². The van der Waals surface area contributed by atoms with Crippen LogP contribution in [0.1, 0.15) is 31.4 Å². The normalized spacial score (nSPS) is 12.2. The van der Waals surface area contributed by atoms with E-state index in [9.17, 15) is 15.4 Å². The van der Waals surface area contributed by atoms with Crippen LogP contribution in [0.25, 0.3) is 11.6 Å². The molecule has 0 saturated carbocycles. The Labute approximate surface area is 162 Å². The first kappa shape index (κ1) is 20.3. The standard InChI is InChI=1S/C20H19ClN2O4/c1-4-13(2)27-20-18(21)9-14(10-19(20)26-3)8-16(12-22)15-6-5-7-17(11-15)23(24)25/h5-11,13H,4H2,1-3H3/b16-8-/t13-/m1/s1. The Hall–Kier alpha value is -3.04. The van der Waals surface area contributed by atoms with Crippen molar-refractivity contribution in [2.75, 3.05) is 7.11 Å². The van der Waals surface area contributed by atoms with E-state index in [1.54, 1.807) is 24.3 Å². The van der Waals surface area contributed by atoms with Gasteiger partial charge >= 0.3 is 0 Å². The molecule has 0 N–H and O–H groups in total. The molecule has 2 aromatic rings. The average Bonchev–Trinajstić information content (AvgIpc) is 2.67. The summed E-state index contributed by atoms with van der Waals surface area (Å²) in [5, 5.41) is 20.8. The number of ether oxygens (including phenoxy) is 2. The van der Waals surface area contributed by atoms with Crippen molar-refractivity contribution in [2.45, 2.75) is 26.4 Å². The zero-order chi connectivity index (χ0) is 20.0. The lowest BCUT2D eigenvalue weighted by molar-refractivity contribution is -0.384. The summed E-state index contributed by atoms with van der Waals surface area (Å²) < 4.78 is 11.2. The van der Waals surface area contributed by atoms with Gasteiger partial charge < -0.3 is 9.47 Å². The Morgan fingerprint density at radius 3 is 2.74 bits per heavy atom. The summed E-state index contributed by atoms with van der Waals surface area (Å²) in [7, 11) is 1.51. The Bertz CT molecular complexity index is 919. The molecule has 0 saturated heterocycles. The second-order valence-corrected chi connectivity index (χ2v) is 6.26. The van der Waals surface area contributed by atoms with Crippen molar-refractivity contribution in [2.24, 2.45) is 0 Å². The predicted molar refractivity (Wildman–Crippen MR) is 105 cm³/mol. The molecule has 0 amide bonds. The molecule has 0 bridgehead atoms. The molecule has 6 nitrogen and oxygen atoms in total. The quantitative estimate of drug-likeness (QED) is 0.271. The minimum Gasteiger partial charge on any atom is -0.493 e. The molecule has 0 radical (unpaired) electrons. The van der Waals surface area contributed by atoms with Crippen molar-refractivity contribution in [1.82, 2.24) is 0 Å². The first-order valence-corrected chi connectivity index (χ1v) is 8.68. The van der Waals surface area contributed by atoms with Crippen molar-refractivity contribution in [3.63, 3.8) is 0 Å². The molecule has 2 aromatic carbocycles. The van der Waals surface area contributed by atoms with Crippen molar-refractivity contribution in [1.29, 1.82) is 5.26 Å². The second-order valence-electron chi connectivity index (χ2n) is 5.85. The summed E-state index contributed by atoms with van der Waals surface area (Å²) in [5.74, 6) is 0.893. The fourth-order valence-corrected chi connectivity index (χ4v) is 2.62. The van der Waals surface area contributed by atoms with E-state index in [1.165, 1.54) is 25.3 Å². The molecule has 0 aromatic heterocycles. The predicted octanol–water partition coefficient (Wildman–Crippen LogP) is 5.50. The summed E-state index contributed by atoms with van der Waals surface area (Å²) in [6.45, 7) is 3.93. The number of non-ortho nitro benzene ring substituents is 1.